The first kappa shape index (κ1) is 27.0. The van der Waals surface area contributed by atoms with E-state index in [-0.39, 0.29) is 5.91 Å². The van der Waals surface area contributed by atoms with Crippen molar-refractivity contribution in [1.82, 2.24) is 5.32 Å². The van der Waals surface area contributed by atoms with Gasteiger partial charge in [-0.1, -0.05) is 88.4 Å². The maximum atomic E-state index is 13.4. The third-order valence-electron chi connectivity index (χ3n) is 5.47. The summed E-state index contributed by atoms with van der Waals surface area (Å²) in [6.45, 7) is 6.24. The molecular weight excluding hydrogens is 515 g/mol. The Morgan fingerprint density at radius 3 is 1.41 bits per heavy atom. The summed E-state index contributed by atoms with van der Waals surface area (Å²) in [6.07, 6.45) is 0. The summed E-state index contributed by atoms with van der Waals surface area (Å²) in [6, 6.07) is 32.4. The van der Waals surface area contributed by atoms with Gasteiger partial charge in [0.15, 0.2) is 0 Å². The molecule has 0 aliphatic rings. The number of amides is 1. The molecule has 6 heteroatoms. The van der Waals surface area contributed by atoms with E-state index in [9.17, 15) is 4.79 Å². The number of rotatable bonds is 9. The molecule has 1 amide bonds. The van der Waals surface area contributed by atoms with Gasteiger partial charge in [-0.25, -0.2) is 0 Å². The molecule has 0 atom stereocenters. The van der Waals surface area contributed by atoms with Gasteiger partial charge in [0.1, 0.15) is 10.8 Å². The summed E-state index contributed by atoms with van der Waals surface area (Å²) in [5.74, 6) is 0.552. The number of benzene rings is 4. The molecule has 0 saturated heterocycles. The lowest BCUT2D eigenvalue weighted by Crippen LogP contribution is -2.22. The minimum Gasteiger partial charge on any atom is -0.497 e. The number of ether oxygens (including phenoxy) is 1. The Morgan fingerprint density at radius 2 is 1.00 bits per heavy atom. The van der Waals surface area contributed by atoms with Gasteiger partial charge in [-0.15, -0.1) is 0 Å². The van der Waals surface area contributed by atoms with Crippen LogP contribution < -0.4 is 10.1 Å². The van der Waals surface area contributed by atoms with Gasteiger partial charge in [0.05, 0.1) is 11.3 Å². The van der Waals surface area contributed by atoms with Crippen molar-refractivity contribution in [2.45, 2.75) is 35.5 Å². The Kier molecular flexibility index (Phi) is 9.45. The third-order valence-corrected chi connectivity index (χ3v) is 9.04. The van der Waals surface area contributed by atoms with Gasteiger partial charge in [0.25, 0.3) is 5.91 Å². The number of methoxy groups -OCH3 is 1. The van der Waals surface area contributed by atoms with Crippen LogP contribution >= 0.6 is 35.3 Å². The molecule has 0 aromatic heterocycles. The number of nitrogens with one attached hydrogen (secondary N) is 1. The van der Waals surface area contributed by atoms with E-state index < -0.39 is 0 Å². The van der Waals surface area contributed by atoms with Crippen molar-refractivity contribution in [2.75, 3.05) is 7.11 Å². The summed E-state index contributed by atoms with van der Waals surface area (Å²) < 4.78 is 6.25. The van der Waals surface area contributed by atoms with E-state index in [1.54, 1.807) is 66.7 Å². The van der Waals surface area contributed by atoms with Crippen molar-refractivity contribution >= 4 is 41.2 Å². The van der Waals surface area contributed by atoms with Crippen LogP contribution in [-0.2, 0) is 0 Å². The molecule has 0 aliphatic carbocycles. The Bertz CT molecular complexity index is 1310. The summed E-state index contributed by atoms with van der Waals surface area (Å²) in [5, 5.41) is 4.01. The smallest absolute Gasteiger partial charge is 0.256 e. The maximum absolute atomic E-state index is 13.4. The predicted molar refractivity (Wildman–Crippen MR) is 159 cm³/mol. The van der Waals surface area contributed by atoms with Crippen LogP contribution in [0.25, 0.3) is 0 Å². The van der Waals surface area contributed by atoms with E-state index in [0.717, 1.165) is 24.0 Å². The van der Waals surface area contributed by atoms with E-state index >= 15 is 0 Å². The molecule has 0 unspecified atom stereocenters. The SMILES string of the molecule is COc1ccc(C(=O)NC(Sc2ccc(C)cc2)=C(Sc2ccc(C)cc2)Sc2ccc(C)cc2)cc1. The fraction of sp³-hybridized carbons (Fsp3) is 0.129. The monoisotopic (exact) mass is 543 g/mol. The Balaban J connectivity index is 1.75. The molecule has 0 heterocycles. The zero-order chi connectivity index (χ0) is 26.2. The molecule has 0 spiro atoms. The molecule has 188 valence electrons. The molecule has 3 nitrogen and oxygen atoms in total. The minimum absolute atomic E-state index is 0.163. The lowest BCUT2D eigenvalue weighted by molar-refractivity contribution is 0.0969. The molecule has 4 rings (SSSR count). The van der Waals surface area contributed by atoms with E-state index in [0.29, 0.717) is 11.3 Å². The molecule has 4 aromatic rings. The van der Waals surface area contributed by atoms with Crippen molar-refractivity contribution in [3.63, 3.8) is 0 Å². The summed E-state index contributed by atoms with van der Waals surface area (Å²) >= 11 is 4.88. The van der Waals surface area contributed by atoms with Gasteiger partial charge in [-0.2, -0.15) is 0 Å². The fourth-order valence-electron chi connectivity index (χ4n) is 3.30. The zero-order valence-electron chi connectivity index (χ0n) is 21.3. The first-order chi connectivity index (χ1) is 17.9. The predicted octanol–water partition coefficient (Wildman–Crippen LogP) is 8.85. The van der Waals surface area contributed by atoms with Crippen LogP contribution in [0.1, 0.15) is 27.0 Å². The van der Waals surface area contributed by atoms with Gasteiger partial charge in [0.2, 0.25) is 0 Å². The maximum Gasteiger partial charge on any atom is 0.256 e. The highest BCUT2D eigenvalue weighted by atomic mass is 32.2. The second-order valence-corrected chi connectivity index (χ2v) is 12.1. The average Bonchev–Trinajstić information content (AvgIpc) is 2.91. The van der Waals surface area contributed by atoms with Crippen molar-refractivity contribution in [3.8, 4) is 5.75 Å². The number of hydrogen-bond acceptors (Lipinski definition) is 5. The number of hydrogen-bond donors (Lipinski definition) is 1. The molecule has 0 bridgehead atoms. The second kappa shape index (κ2) is 13.0. The number of carbonyl (C=O) groups excluding carboxylic acids is 1. The lowest BCUT2D eigenvalue weighted by atomic mass is 10.2. The molecular formula is C31H29NO2S3. The van der Waals surface area contributed by atoms with Crippen LogP contribution in [0.2, 0.25) is 0 Å². The number of aryl methyl sites for hydroxylation is 3. The van der Waals surface area contributed by atoms with Crippen LogP contribution in [0.5, 0.6) is 5.75 Å². The van der Waals surface area contributed by atoms with Crippen LogP contribution in [0, 0.1) is 20.8 Å². The van der Waals surface area contributed by atoms with Crippen molar-refractivity contribution in [1.29, 1.82) is 0 Å². The van der Waals surface area contributed by atoms with Crippen LogP contribution in [0.3, 0.4) is 0 Å². The second-order valence-electron chi connectivity index (χ2n) is 8.54. The molecule has 0 aliphatic heterocycles. The van der Waals surface area contributed by atoms with Gasteiger partial charge in [0, 0.05) is 20.2 Å². The largest absolute Gasteiger partial charge is 0.497 e. The van der Waals surface area contributed by atoms with Crippen molar-refractivity contribution in [3.05, 3.63) is 129 Å². The molecule has 37 heavy (non-hydrogen) atoms. The molecule has 4 aromatic carbocycles. The first-order valence-corrected chi connectivity index (χ1v) is 14.3. The number of carbonyl (C=O) groups is 1. The van der Waals surface area contributed by atoms with Gasteiger partial charge in [-0.3, -0.25) is 4.79 Å². The van der Waals surface area contributed by atoms with Crippen LogP contribution in [0.15, 0.2) is 121 Å². The fourth-order valence-corrected chi connectivity index (χ4v) is 6.54. The molecule has 0 radical (unpaired) electrons. The third kappa shape index (κ3) is 7.96. The summed E-state index contributed by atoms with van der Waals surface area (Å²) in [7, 11) is 1.62. The minimum atomic E-state index is -0.163. The molecule has 0 saturated carbocycles. The summed E-state index contributed by atoms with van der Waals surface area (Å²) in [5.41, 5.74) is 4.19. The highest BCUT2D eigenvalue weighted by molar-refractivity contribution is 8.23. The highest BCUT2D eigenvalue weighted by Gasteiger charge is 2.17. The molecule has 0 fully saturated rings. The van der Waals surface area contributed by atoms with E-state index in [1.165, 1.54) is 16.7 Å². The lowest BCUT2D eigenvalue weighted by Gasteiger charge is -2.16. The summed E-state index contributed by atoms with van der Waals surface area (Å²) in [4.78, 5) is 16.7. The van der Waals surface area contributed by atoms with Crippen LogP contribution in [0.4, 0.5) is 0 Å². The number of thioether (sulfide) groups is 3. The topological polar surface area (TPSA) is 38.3 Å². The van der Waals surface area contributed by atoms with Crippen molar-refractivity contribution < 1.29 is 9.53 Å². The van der Waals surface area contributed by atoms with E-state index in [4.69, 9.17) is 4.74 Å². The normalized spacial score (nSPS) is 10.6. The van der Waals surface area contributed by atoms with Crippen molar-refractivity contribution in [2.24, 2.45) is 0 Å². The first-order valence-electron chi connectivity index (χ1n) is 11.8. The Hall–Kier alpha value is -3.06. The molecule has 1 N–H and O–H groups in total. The average molecular weight is 544 g/mol. The van der Waals surface area contributed by atoms with E-state index in [2.05, 4.69) is 98.9 Å². The van der Waals surface area contributed by atoms with E-state index in [1.807, 2.05) is 0 Å². The van der Waals surface area contributed by atoms with Crippen LogP contribution in [-0.4, -0.2) is 13.0 Å². The highest BCUT2D eigenvalue weighted by Crippen LogP contribution is 2.45. The zero-order valence-corrected chi connectivity index (χ0v) is 23.7. The standard InChI is InChI=1S/C31H29NO2S3/c1-21-5-15-26(16-6-21)35-30(32-29(33)24-11-13-25(34-4)14-12-24)31(36-27-17-7-22(2)8-18-27)37-28-19-9-23(3)10-20-28/h5-20H,1-4H3,(H,32,33). The quantitative estimate of drug-likeness (QED) is 0.213. The Morgan fingerprint density at radius 1 is 0.595 bits per heavy atom. The van der Waals surface area contributed by atoms with Gasteiger partial charge < -0.3 is 10.1 Å². The van der Waals surface area contributed by atoms with Gasteiger partial charge >= 0.3 is 0 Å². The van der Waals surface area contributed by atoms with Gasteiger partial charge in [-0.05, 0) is 81.4 Å². The Labute approximate surface area is 232 Å².